The molecule has 2 aliphatic heterocycles. The SMILES string of the molecule is O=c1cccc2n1C[C@H]1C[C@H]2CN(c2oc(-c3ccc(Cl)cc3Cl)nc2[P+](c2ccccc2)(c2ccccc2)c2ccccc2)C1. The van der Waals surface area contributed by atoms with Crippen molar-refractivity contribution in [3.05, 3.63) is 153 Å². The molecule has 0 amide bonds. The fourth-order valence-corrected chi connectivity index (χ4v) is 12.0. The van der Waals surface area contributed by atoms with Crippen molar-refractivity contribution in [3.8, 4) is 11.5 Å². The summed E-state index contributed by atoms with van der Waals surface area (Å²) in [4.78, 5) is 20.7. The average molecular weight is 664 g/mol. The van der Waals surface area contributed by atoms with Crippen LogP contribution in [0.2, 0.25) is 10.0 Å². The van der Waals surface area contributed by atoms with Crippen molar-refractivity contribution in [3.63, 3.8) is 0 Å². The first-order valence-electron chi connectivity index (χ1n) is 15.5. The molecule has 46 heavy (non-hydrogen) atoms. The number of piperidine rings is 1. The molecule has 0 radical (unpaired) electrons. The first-order valence-corrected chi connectivity index (χ1v) is 18.0. The van der Waals surface area contributed by atoms with Crippen LogP contribution >= 0.6 is 30.5 Å². The first-order chi connectivity index (χ1) is 22.5. The molecule has 8 rings (SSSR count). The van der Waals surface area contributed by atoms with Crippen LogP contribution in [0.15, 0.2) is 137 Å². The van der Waals surface area contributed by atoms with E-state index in [-0.39, 0.29) is 11.5 Å². The van der Waals surface area contributed by atoms with Gasteiger partial charge in [-0.15, -0.1) is 0 Å². The van der Waals surface area contributed by atoms with Crippen LogP contribution in [-0.4, -0.2) is 22.6 Å². The van der Waals surface area contributed by atoms with Crippen LogP contribution in [0, 0.1) is 5.92 Å². The monoisotopic (exact) mass is 662 g/mol. The molecule has 0 spiro atoms. The Kier molecular flexibility index (Phi) is 7.57. The van der Waals surface area contributed by atoms with Gasteiger partial charge in [-0.1, -0.05) is 83.9 Å². The van der Waals surface area contributed by atoms with Gasteiger partial charge >= 0.3 is 0 Å². The van der Waals surface area contributed by atoms with Crippen molar-refractivity contribution in [1.29, 1.82) is 0 Å². The molecule has 2 bridgehead atoms. The molecule has 0 unspecified atom stereocenters. The van der Waals surface area contributed by atoms with Gasteiger partial charge in [0.15, 0.2) is 7.26 Å². The first kappa shape index (κ1) is 29.3. The summed E-state index contributed by atoms with van der Waals surface area (Å²) >= 11 is 13.1. The number of aromatic nitrogens is 2. The molecule has 4 aromatic carbocycles. The number of oxazole rings is 1. The normalized spacial score (nSPS) is 17.5. The second-order valence-corrected chi connectivity index (χ2v) is 16.2. The molecule has 5 nitrogen and oxygen atoms in total. The van der Waals surface area contributed by atoms with Gasteiger partial charge in [0.1, 0.15) is 15.9 Å². The van der Waals surface area contributed by atoms with Crippen molar-refractivity contribution in [2.24, 2.45) is 5.92 Å². The van der Waals surface area contributed by atoms with Crippen molar-refractivity contribution in [1.82, 2.24) is 9.55 Å². The fourth-order valence-electron chi connectivity index (χ4n) is 7.34. The van der Waals surface area contributed by atoms with Gasteiger partial charge in [-0.3, -0.25) is 4.79 Å². The second-order valence-electron chi connectivity index (χ2n) is 12.1. The number of halogens is 2. The minimum atomic E-state index is -2.61. The van der Waals surface area contributed by atoms with Gasteiger partial charge in [-0.2, -0.15) is 4.98 Å². The molecule has 228 valence electrons. The summed E-state index contributed by atoms with van der Waals surface area (Å²) < 4.78 is 8.92. The van der Waals surface area contributed by atoms with Crippen LogP contribution in [0.25, 0.3) is 11.5 Å². The van der Waals surface area contributed by atoms with E-state index in [1.807, 2.05) is 22.8 Å². The molecule has 0 saturated carbocycles. The molecule has 2 aromatic heterocycles. The van der Waals surface area contributed by atoms with Crippen molar-refractivity contribution >= 4 is 57.7 Å². The Morgan fingerprint density at radius 3 is 1.96 bits per heavy atom. The summed E-state index contributed by atoms with van der Waals surface area (Å²) in [5.74, 6) is 1.71. The highest BCUT2D eigenvalue weighted by Crippen LogP contribution is 2.57. The number of hydrogen-bond donors (Lipinski definition) is 0. The van der Waals surface area contributed by atoms with Crippen LogP contribution < -0.4 is 31.8 Å². The van der Waals surface area contributed by atoms with E-state index in [4.69, 9.17) is 32.6 Å². The van der Waals surface area contributed by atoms with E-state index in [0.717, 1.165) is 30.0 Å². The molecule has 1 saturated heterocycles. The highest BCUT2D eigenvalue weighted by Gasteiger charge is 2.54. The van der Waals surface area contributed by atoms with E-state index < -0.39 is 7.26 Å². The van der Waals surface area contributed by atoms with Crippen LogP contribution in [-0.2, 0) is 6.54 Å². The minimum Gasteiger partial charge on any atom is -0.416 e. The van der Waals surface area contributed by atoms with Crippen molar-refractivity contribution in [2.45, 2.75) is 18.9 Å². The van der Waals surface area contributed by atoms with Gasteiger partial charge in [0, 0.05) is 42.3 Å². The molecule has 1 fully saturated rings. The summed E-state index contributed by atoms with van der Waals surface area (Å²) in [6.45, 7) is 2.16. The molecule has 2 atom stereocenters. The van der Waals surface area contributed by atoms with Gasteiger partial charge in [-0.05, 0) is 73.0 Å². The Balaban J connectivity index is 1.41. The van der Waals surface area contributed by atoms with Crippen LogP contribution in [0.4, 0.5) is 5.88 Å². The zero-order chi connectivity index (χ0) is 31.3. The predicted molar refractivity (Wildman–Crippen MR) is 191 cm³/mol. The molecule has 4 heterocycles. The van der Waals surface area contributed by atoms with Crippen molar-refractivity contribution < 1.29 is 4.42 Å². The van der Waals surface area contributed by atoms with Crippen LogP contribution in [0.3, 0.4) is 0 Å². The Labute approximate surface area is 278 Å². The summed E-state index contributed by atoms with van der Waals surface area (Å²) in [5.41, 5.74) is 2.76. The maximum Gasteiger partial charge on any atom is 0.262 e. The van der Waals surface area contributed by atoms with Gasteiger partial charge in [-0.25, -0.2) is 0 Å². The number of nitrogens with zero attached hydrogens (tertiary/aromatic N) is 3. The molecule has 8 heteroatoms. The molecule has 0 N–H and O–H groups in total. The van der Waals surface area contributed by atoms with E-state index in [2.05, 4.69) is 102 Å². The van der Waals surface area contributed by atoms with E-state index in [9.17, 15) is 4.79 Å². The standard InChI is InChI=1S/C38H31Cl2N3O2P/c39-28-19-20-32(33(40)22-28)36-41-37(38(45-36)42-23-26-21-27(25-42)34-17-10-18-35(44)43(34)24-26)46(29-11-4-1-5-12-29,30-13-6-2-7-14-30)31-15-8-3-9-16-31/h1-20,22,26-27H,21,23-25H2/q+1/t26-,27-/m0/s1. The molecular formula is C38H31Cl2N3O2P+. The number of hydrogen-bond acceptors (Lipinski definition) is 4. The summed E-state index contributed by atoms with van der Waals surface area (Å²) in [6, 6.07) is 43.2. The van der Waals surface area contributed by atoms with E-state index in [1.54, 1.807) is 12.1 Å². The molecule has 0 aliphatic carbocycles. The Bertz CT molecular complexity index is 1990. The third-order valence-corrected chi connectivity index (χ3v) is 14.0. The van der Waals surface area contributed by atoms with Gasteiger partial charge in [0.2, 0.25) is 5.89 Å². The zero-order valence-electron chi connectivity index (χ0n) is 25.0. The fraction of sp³-hybridized carbons (Fsp3) is 0.158. The zero-order valence-corrected chi connectivity index (χ0v) is 27.4. The van der Waals surface area contributed by atoms with Gasteiger partial charge in [0.25, 0.3) is 16.9 Å². The lowest BCUT2D eigenvalue weighted by atomic mass is 9.83. The van der Waals surface area contributed by atoms with Crippen LogP contribution in [0.5, 0.6) is 0 Å². The Morgan fingerprint density at radius 1 is 0.717 bits per heavy atom. The molecule has 6 aromatic rings. The number of rotatable bonds is 6. The van der Waals surface area contributed by atoms with Crippen LogP contribution in [0.1, 0.15) is 18.0 Å². The summed E-state index contributed by atoms with van der Waals surface area (Å²) in [7, 11) is -2.61. The lowest BCUT2D eigenvalue weighted by Gasteiger charge is -2.42. The number of pyridine rings is 1. The largest absolute Gasteiger partial charge is 0.416 e. The van der Waals surface area contributed by atoms with Gasteiger partial charge in [0.05, 0.1) is 10.6 Å². The predicted octanol–water partition coefficient (Wildman–Crippen LogP) is 7.05. The average Bonchev–Trinajstić information content (AvgIpc) is 3.52. The van der Waals surface area contributed by atoms with E-state index in [1.165, 1.54) is 15.9 Å². The maximum atomic E-state index is 12.8. The number of anilines is 1. The third-order valence-electron chi connectivity index (χ3n) is 9.27. The lowest BCUT2D eigenvalue weighted by Crippen LogP contribution is -2.49. The highest BCUT2D eigenvalue weighted by molar-refractivity contribution is 8.01. The van der Waals surface area contributed by atoms with E-state index in [0.29, 0.717) is 40.5 Å². The Hall–Kier alpha value is -4.15. The quantitative estimate of drug-likeness (QED) is 0.179. The Morgan fingerprint density at radius 2 is 1.35 bits per heavy atom. The minimum absolute atomic E-state index is 0.0721. The van der Waals surface area contributed by atoms with E-state index >= 15 is 0 Å². The number of benzene rings is 4. The molecular weight excluding hydrogens is 632 g/mol. The molecule has 2 aliphatic rings. The topological polar surface area (TPSA) is 51.3 Å². The van der Waals surface area contributed by atoms with Gasteiger partial charge < -0.3 is 13.9 Å². The lowest BCUT2D eigenvalue weighted by molar-refractivity contribution is 0.275. The third kappa shape index (κ3) is 4.89. The maximum absolute atomic E-state index is 12.8. The summed E-state index contributed by atoms with van der Waals surface area (Å²) in [5, 5.41) is 4.59. The second kappa shape index (κ2) is 11.9. The number of fused-ring (bicyclic) bond motifs is 4. The van der Waals surface area contributed by atoms with Crippen molar-refractivity contribution in [2.75, 3.05) is 18.0 Å². The smallest absolute Gasteiger partial charge is 0.262 e. The summed E-state index contributed by atoms with van der Waals surface area (Å²) in [6.07, 6.45) is 1.04. The highest BCUT2D eigenvalue weighted by atomic mass is 35.5.